The first-order valence-electron chi connectivity index (χ1n) is 7.77. The summed E-state index contributed by atoms with van der Waals surface area (Å²) >= 11 is 0. The number of phenols is 2. The molecule has 2 N–H and O–H groups in total. The van der Waals surface area contributed by atoms with Gasteiger partial charge in [0.25, 0.3) is 0 Å². The molecule has 0 unspecified atom stereocenters. The lowest BCUT2D eigenvalue weighted by Crippen LogP contribution is -2.12. The third-order valence-electron chi connectivity index (χ3n) is 5.15. The summed E-state index contributed by atoms with van der Waals surface area (Å²) in [5.41, 5.74) is 4.39. The predicted octanol–water partition coefficient (Wildman–Crippen LogP) is 4.09. The van der Waals surface area contributed by atoms with Crippen molar-refractivity contribution in [1.82, 2.24) is 0 Å². The minimum absolute atomic E-state index is 0.0608. The van der Waals surface area contributed by atoms with Gasteiger partial charge in [-0.25, -0.2) is 8.42 Å². The van der Waals surface area contributed by atoms with Crippen LogP contribution in [0.1, 0.15) is 38.9 Å². The smallest absolute Gasteiger partial charge is 0.211 e. The van der Waals surface area contributed by atoms with Gasteiger partial charge in [-0.2, -0.15) is 0 Å². The van der Waals surface area contributed by atoms with Crippen LogP contribution in [0.4, 0.5) is 0 Å². The number of hydrogen-bond donors (Lipinski definition) is 2. The molecule has 24 heavy (non-hydrogen) atoms. The normalized spacial score (nSPS) is 11.8. The number of benzene rings is 2. The van der Waals surface area contributed by atoms with Crippen molar-refractivity contribution in [2.24, 2.45) is 0 Å². The monoisotopic (exact) mass is 348 g/mol. The summed E-state index contributed by atoms with van der Waals surface area (Å²) in [6.45, 7) is 12.2. The van der Waals surface area contributed by atoms with E-state index in [2.05, 4.69) is 0 Å². The highest BCUT2D eigenvalue weighted by atomic mass is 32.2. The van der Waals surface area contributed by atoms with E-state index in [9.17, 15) is 18.6 Å². The molecule has 0 aliphatic carbocycles. The molecule has 0 heterocycles. The molecule has 4 nitrogen and oxygen atoms in total. The molecule has 2 rings (SSSR count). The van der Waals surface area contributed by atoms with E-state index in [0.717, 1.165) is 11.1 Å². The molecule has 0 aromatic heterocycles. The summed E-state index contributed by atoms with van der Waals surface area (Å²) < 4.78 is 26.7. The molecule has 0 bridgehead atoms. The first-order valence-corrected chi connectivity index (χ1v) is 9.25. The Kier molecular flexibility index (Phi) is 4.44. The van der Waals surface area contributed by atoms with Gasteiger partial charge >= 0.3 is 0 Å². The molecule has 0 aliphatic rings. The van der Waals surface area contributed by atoms with Crippen molar-refractivity contribution in [2.75, 3.05) is 0 Å². The van der Waals surface area contributed by atoms with Crippen LogP contribution in [0.2, 0.25) is 0 Å². The van der Waals surface area contributed by atoms with Crippen LogP contribution in [0.25, 0.3) is 0 Å². The van der Waals surface area contributed by atoms with E-state index in [-0.39, 0.29) is 21.3 Å². The standard InChI is InChI=1S/C19H24O4S/c1-9-8-16(20)15(7)18(10(9)2)24(22,23)19-14(6)12(4)11(3)13(5)17(19)21/h8,20-21H,1-7H3. The van der Waals surface area contributed by atoms with Crippen molar-refractivity contribution in [3.63, 3.8) is 0 Å². The van der Waals surface area contributed by atoms with Crippen LogP contribution in [0.15, 0.2) is 15.9 Å². The van der Waals surface area contributed by atoms with Crippen LogP contribution in [0, 0.1) is 48.5 Å². The fourth-order valence-corrected chi connectivity index (χ4v) is 5.33. The van der Waals surface area contributed by atoms with Gasteiger partial charge < -0.3 is 10.2 Å². The molecular weight excluding hydrogens is 324 g/mol. The number of aromatic hydroxyl groups is 2. The van der Waals surface area contributed by atoms with Crippen molar-refractivity contribution in [1.29, 1.82) is 0 Å². The summed E-state index contributed by atoms with van der Waals surface area (Å²) in [5, 5.41) is 20.6. The minimum Gasteiger partial charge on any atom is -0.508 e. The molecule has 5 heteroatoms. The molecular formula is C19H24O4S. The van der Waals surface area contributed by atoms with Crippen LogP contribution in [0.5, 0.6) is 11.5 Å². The van der Waals surface area contributed by atoms with Crippen LogP contribution >= 0.6 is 0 Å². The van der Waals surface area contributed by atoms with Gasteiger partial charge in [-0.1, -0.05) is 0 Å². The third-order valence-corrected chi connectivity index (χ3v) is 7.33. The molecule has 0 amide bonds. The van der Waals surface area contributed by atoms with Gasteiger partial charge in [-0.3, -0.25) is 0 Å². The van der Waals surface area contributed by atoms with Gasteiger partial charge in [0.1, 0.15) is 16.4 Å². The maximum Gasteiger partial charge on any atom is 0.211 e. The Hall–Kier alpha value is -2.01. The first kappa shape index (κ1) is 18.3. The number of aryl methyl sites for hydroxylation is 1. The van der Waals surface area contributed by atoms with Gasteiger partial charge in [0.2, 0.25) is 9.84 Å². The summed E-state index contributed by atoms with van der Waals surface area (Å²) in [6.07, 6.45) is 0. The summed E-state index contributed by atoms with van der Waals surface area (Å²) in [4.78, 5) is 0.000327. The topological polar surface area (TPSA) is 74.6 Å². The van der Waals surface area contributed by atoms with Crippen molar-refractivity contribution in [2.45, 2.75) is 58.3 Å². The Bertz CT molecular complexity index is 899. The molecule has 130 valence electrons. The highest BCUT2D eigenvalue weighted by molar-refractivity contribution is 7.91. The lowest BCUT2D eigenvalue weighted by atomic mass is 9.98. The molecule has 0 aliphatic heterocycles. The van der Waals surface area contributed by atoms with Crippen molar-refractivity contribution < 1.29 is 18.6 Å². The molecule has 2 aromatic rings. The Labute approximate surface area is 143 Å². The maximum atomic E-state index is 13.4. The zero-order valence-electron chi connectivity index (χ0n) is 15.2. The quantitative estimate of drug-likeness (QED) is 0.857. The van der Waals surface area contributed by atoms with Crippen LogP contribution in [-0.4, -0.2) is 18.6 Å². The van der Waals surface area contributed by atoms with Gasteiger partial charge in [0, 0.05) is 5.56 Å². The average Bonchev–Trinajstić information content (AvgIpc) is 2.49. The van der Waals surface area contributed by atoms with Crippen molar-refractivity contribution in [3.05, 3.63) is 45.0 Å². The second-order valence-corrected chi connectivity index (χ2v) is 8.30. The highest BCUT2D eigenvalue weighted by Crippen LogP contribution is 2.41. The zero-order chi connectivity index (χ0) is 18.6. The Balaban J connectivity index is 3.00. The van der Waals surface area contributed by atoms with E-state index in [4.69, 9.17) is 0 Å². The molecule has 0 fully saturated rings. The van der Waals surface area contributed by atoms with E-state index in [1.165, 1.54) is 0 Å². The van der Waals surface area contributed by atoms with Gasteiger partial charge in [-0.15, -0.1) is 0 Å². The summed E-state index contributed by atoms with van der Waals surface area (Å²) in [6, 6.07) is 1.56. The van der Waals surface area contributed by atoms with E-state index >= 15 is 0 Å². The van der Waals surface area contributed by atoms with E-state index < -0.39 is 9.84 Å². The minimum atomic E-state index is -3.98. The second-order valence-electron chi connectivity index (χ2n) is 6.47. The van der Waals surface area contributed by atoms with E-state index in [1.54, 1.807) is 40.7 Å². The average molecular weight is 348 g/mol. The number of sulfone groups is 1. The van der Waals surface area contributed by atoms with Crippen LogP contribution in [-0.2, 0) is 9.84 Å². The van der Waals surface area contributed by atoms with E-state index in [1.807, 2.05) is 13.8 Å². The lowest BCUT2D eigenvalue weighted by Gasteiger charge is -2.20. The SMILES string of the molecule is Cc1cc(O)c(C)c(S(=O)(=O)c2c(C)c(C)c(C)c(C)c2O)c1C. The molecule has 0 saturated heterocycles. The van der Waals surface area contributed by atoms with Crippen molar-refractivity contribution >= 4 is 9.84 Å². The van der Waals surface area contributed by atoms with Gasteiger partial charge in [-0.05, 0) is 87.9 Å². The highest BCUT2D eigenvalue weighted by Gasteiger charge is 2.31. The number of phenolic OH excluding ortho intramolecular Hbond substituents is 2. The summed E-state index contributed by atoms with van der Waals surface area (Å²) in [7, 11) is -3.98. The Morgan fingerprint density at radius 1 is 0.667 bits per heavy atom. The van der Waals surface area contributed by atoms with Gasteiger partial charge in [0.15, 0.2) is 0 Å². The maximum absolute atomic E-state index is 13.4. The predicted molar refractivity (Wildman–Crippen MR) is 94.8 cm³/mol. The Morgan fingerprint density at radius 2 is 1.17 bits per heavy atom. The molecule has 0 spiro atoms. The molecule has 0 radical (unpaired) electrons. The first-order chi connectivity index (χ1) is 10.9. The van der Waals surface area contributed by atoms with Crippen molar-refractivity contribution in [3.8, 4) is 11.5 Å². The fourth-order valence-electron chi connectivity index (χ4n) is 3.09. The zero-order valence-corrected chi connectivity index (χ0v) is 16.0. The molecule has 2 aromatic carbocycles. The number of hydrogen-bond acceptors (Lipinski definition) is 4. The molecule has 0 atom stereocenters. The largest absolute Gasteiger partial charge is 0.508 e. The van der Waals surface area contributed by atoms with Gasteiger partial charge in [0.05, 0.1) is 4.90 Å². The number of rotatable bonds is 2. The van der Waals surface area contributed by atoms with Crippen LogP contribution < -0.4 is 0 Å². The van der Waals surface area contributed by atoms with E-state index in [0.29, 0.717) is 27.8 Å². The lowest BCUT2D eigenvalue weighted by molar-refractivity contribution is 0.451. The third kappa shape index (κ3) is 2.47. The molecule has 0 saturated carbocycles. The summed E-state index contributed by atoms with van der Waals surface area (Å²) in [5.74, 6) is -0.273. The van der Waals surface area contributed by atoms with Crippen LogP contribution in [0.3, 0.4) is 0 Å². The second kappa shape index (κ2) is 5.81. The fraction of sp³-hybridized carbons (Fsp3) is 0.368. The Morgan fingerprint density at radius 3 is 1.71 bits per heavy atom.